The summed E-state index contributed by atoms with van der Waals surface area (Å²) in [6.07, 6.45) is 0. The van der Waals surface area contributed by atoms with Crippen molar-refractivity contribution in [3.8, 4) is 5.75 Å². The lowest BCUT2D eigenvalue weighted by atomic mass is 10.2. The summed E-state index contributed by atoms with van der Waals surface area (Å²) in [5, 5.41) is 5.09. The molecule has 0 saturated heterocycles. The first-order chi connectivity index (χ1) is 15.0. The van der Waals surface area contributed by atoms with E-state index in [1.54, 1.807) is 28.5 Å². The monoisotopic (exact) mass is 438 g/mol. The number of fused-ring (bicyclic) bond motifs is 1. The van der Waals surface area contributed by atoms with E-state index in [1.165, 1.54) is 23.9 Å². The average Bonchev–Trinajstić information content (AvgIpc) is 3.11. The summed E-state index contributed by atoms with van der Waals surface area (Å²) in [5.41, 5.74) is 3.67. The van der Waals surface area contributed by atoms with E-state index in [0.717, 1.165) is 22.6 Å². The van der Waals surface area contributed by atoms with Crippen LogP contribution in [-0.2, 0) is 18.8 Å². The smallest absolute Gasteiger partial charge is 0.280 e. The Morgan fingerprint density at radius 2 is 1.74 bits per heavy atom. The van der Waals surface area contributed by atoms with Crippen LogP contribution in [-0.4, -0.2) is 26.4 Å². The Morgan fingerprint density at radius 3 is 2.39 bits per heavy atom. The molecule has 0 aliphatic heterocycles. The zero-order chi connectivity index (χ0) is 22.0. The largest absolute Gasteiger partial charge is 0.497 e. The van der Waals surface area contributed by atoms with Crippen molar-refractivity contribution in [2.75, 3.05) is 7.11 Å². The molecule has 160 valence electrons. The molecule has 8 heteroatoms. The van der Waals surface area contributed by atoms with Crippen molar-refractivity contribution in [2.45, 2.75) is 37.8 Å². The van der Waals surface area contributed by atoms with E-state index in [4.69, 9.17) is 9.72 Å². The second kappa shape index (κ2) is 8.93. The van der Waals surface area contributed by atoms with Crippen molar-refractivity contribution in [3.63, 3.8) is 0 Å². The van der Waals surface area contributed by atoms with Gasteiger partial charge in [0.15, 0.2) is 10.7 Å². The van der Waals surface area contributed by atoms with Crippen molar-refractivity contribution >= 4 is 22.8 Å². The number of thioether (sulfide) groups is 1. The Hall–Kier alpha value is -3.13. The Morgan fingerprint density at radius 1 is 1.06 bits per heavy atom. The van der Waals surface area contributed by atoms with Gasteiger partial charge in [-0.3, -0.25) is 14.0 Å². The summed E-state index contributed by atoms with van der Waals surface area (Å²) in [5.74, 6) is 1.06. The molecule has 0 N–H and O–H groups in total. The maximum atomic E-state index is 13.5. The normalized spacial score (nSPS) is 11.2. The molecule has 2 aromatic carbocycles. The zero-order valence-corrected chi connectivity index (χ0v) is 18.4. The first-order valence-corrected chi connectivity index (χ1v) is 11.0. The van der Waals surface area contributed by atoms with Crippen LogP contribution in [0.4, 0.5) is 4.39 Å². The highest BCUT2D eigenvalue weighted by molar-refractivity contribution is 7.98. The fourth-order valence-electron chi connectivity index (χ4n) is 3.41. The van der Waals surface area contributed by atoms with E-state index in [1.807, 2.05) is 38.1 Å². The molecule has 0 bridgehead atoms. The molecule has 0 saturated carbocycles. The average molecular weight is 439 g/mol. The van der Waals surface area contributed by atoms with Crippen LogP contribution in [0.2, 0.25) is 0 Å². The highest BCUT2D eigenvalue weighted by Gasteiger charge is 2.18. The standard InChI is InChI=1S/C23H23FN4O2S/c1-4-28-21-20(15(2)26-28)25-23(31-14-17-5-9-18(24)10-6-17)27(22(21)29)13-16-7-11-19(30-3)12-8-16/h5-12H,4,13-14H2,1-3H3. The highest BCUT2D eigenvalue weighted by atomic mass is 32.2. The van der Waals surface area contributed by atoms with Gasteiger partial charge in [-0.05, 0) is 49.2 Å². The number of methoxy groups -OCH3 is 1. The van der Waals surface area contributed by atoms with Crippen LogP contribution in [0.25, 0.3) is 11.0 Å². The van der Waals surface area contributed by atoms with Crippen molar-refractivity contribution in [2.24, 2.45) is 0 Å². The third-order valence-corrected chi connectivity index (χ3v) is 6.11. The van der Waals surface area contributed by atoms with Crippen LogP contribution in [0.15, 0.2) is 58.5 Å². The number of halogens is 1. The van der Waals surface area contributed by atoms with Gasteiger partial charge in [0.2, 0.25) is 0 Å². The number of ether oxygens (including phenoxy) is 1. The van der Waals surface area contributed by atoms with Crippen molar-refractivity contribution in [1.29, 1.82) is 0 Å². The van der Waals surface area contributed by atoms with Gasteiger partial charge in [0.25, 0.3) is 5.56 Å². The molecule has 2 heterocycles. The van der Waals surface area contributed by atoms with E-state index in [-0.39, 0.29) is 11.4 Å². The summed E-state index contributed by atoms with van der Waals surface area (Å²) in [6.45, 7) is 4.79. The first kappa shape index (κ1) is 21.1. The van der Waals surface area contributed by atoms with Crippen LogP contribution < -0.4 is 10.3 Å². The molecule has 0 fully saturated rings. The molecule has 31 heavy (non-hydrogen) atoms. The fraction of sp³-hybridized carbons (Fsp3) is 0.261. The van der Waals surface area contributed by atoms with Crippen LogP contribution >= 0.6 is 11.8 Å². The Balaban J connectivity index is 1.77. The van der Waals surface area contributed by atoms with Gasteiger partial charge in [-0.25, -0.2) is 9.37 Å². The van der Waals surface area contributed by atoms with E-state index < -0.39 is 0 Å². The molecular weight excluding hydrogens is 415 g/mol. The molecule has 4 rings (SSSR count). The van der Waals surface area contributed by atoms with E-state index in [9.17, 15) is 9.18 Å². The number of nitrogens with zero attached hydrogens (tertiary/aromatic N) is 4. The van der Waals surface area contributed by atoms with E-state index in [0.29, 0.717) is 35.0 Å². The van der Waals surface area contributed by atoms with Crippen molar-refractivity contribution < 1.29 is 9.13 Å². The highest BCUT2D eigenvalue weighted by Crippen LogP contribution is 2.24. The van der Waals surface area contributed by atoms with Crippen molar-refractivity contribution in [3.05, 3.63) is 81.5 Å². The Kier molecular flexibility index (Phi) is 6.08. The van der Waals surface area contributed by atoms with Crippen LogP contribution in [0.3, 0.4) is 0 Å². The maximum Gasteiger partial charge on any atom is 0.280 e. The second-order valence-electron chi connectivity index (χ2n) is 7.15. The lowest BCUT2D eigenvalue weighted by Gasteiger charge is -2.13. The predicted molar refractivity (Wildman–Crippen MR) is 120 cm³/mol. The molecule has 0 amide bonds. The topological polar surface area (TPSA) is 61.9 Å². The molecule has 0 spiro atoms. The third-order valence-electron chi connectivity index (χ3n) is 5.06. The van der Waals surface area contributed by atoms with Gasteiger partial charge < -0.3 is 4.74 Å². The minimum absolute atomic E-state index is 0.120. The Bertz CT molecular complexity index is 1260. The SMILES string of the molecule is CCn1nc(C)c2nc(SCc3ccc(F)cc3)n(Cc3ccc(OC)cc3)c(=O)c21. The van der Waals surface area contributed by atoms with Crippen molar-refractivity contribution in [1.82, 2.24) is 19.3 Å². The molecule has 0 aliphatic carbocycles. The summed E-state index contributed by atoms with van der Waals surface area (Å²) < 4.78 is 21.9. The van der Waals surface area contributed by atoms with Crippen LogP contribution in [0, 0.1) is 12.7 Å². The van der Waals surface area contributed by atoms with Crippen LogP contribution in [0.5, 0.6) is 5.75 Å². The predicted octanol–water partition coefficient (Wildman–Crippen LogP) is 4.41. The number of aromatic nitrogens is 4. The summed E-state index contributed by atoms with van der Waals surface area (Å²) >= 11 is 1.46. The lowest BCUT2D eigenvalue weighted by Crippen LogP contribution is -2.25. The van der Waals surface area contributed by atoms with E-state index >= 15 is 0 Å². The summed E-state index contributed by atoms with van der Waals surface area (Å²) in [6, 6.07) is 14.0. The van der Waals surface area contributed by atoms with Gasteiger partial charge in [-0.15, -0.1) is 0 Å². The molecule has 2 aromatic heterocycles. The zero-order valence-electron chi connectivity index (χ0n) is 17.6. The van der Waals surface area contributed by atoms with Gasteiger partial charge in [-0.1, -0.05) is 36.0 Å². The summed E-state index contributed by atoms with van der Waals surface area (Å²) in [4.78, 5) is 18.3. The first-order valence-electron chi connectivity index (χ1n) is 9.98. The van der Waals surface area contributed by atoms with Gasteiger partial charge in [0.05, 0.1) is 19.3 Å². The quantitative estimate of drug-likeness (QED) is 0.316. The number of benzene rings is 2. The number of rotatable bonds is 7. The van der Waals surface area contributed by atoms with E-state index in [2.05, 4.69) is 5.10 Å². The maximum absolute atomic E-state index is 13.5. The fourth-order valence-corrected chi connectivity index (χ4v) is 4.36. The number of hydrogen-bond acceptors (Lipinski definition) is 5. The second-order valence-corrected chi connectivity index (χ2v) is 8.09. The van der Waals surface area contributed by atoms with Gasteiger partial charge >= 0.3 is 0 Å². The molecule has 0 atom stereocenters. The lowest BCUT2D eigenvalue weighted by molar-refractivity contribution is 0.414. The van der Waals surface area contributed by atoms with Crippen LogP contribution in [0.1, 0.15) is 23.7 Å². The molecule has 0 radical (unpaired) electrons. The van der Waals surface area contributed by atoms with Gasteiger partial charge in [-0.2, -0.15) is 5.10 Å². The van der Waals surface area contributed by atoms with Gasteiger partial charge in [0.1, 0.15) is 17.1 Å². The van der Waals surface area contributed by atoms with Gasteiger partial charge in [0, 0.05) is 12.3 Å². The number of aryl methyl sites for hydroxylation is 2. The molecule has 0 aliphatic rings. The molecule has 6 nitrogen and oxygen atoms in total. The Labute approximate surface area is 183 Å². The molecule has 0 unspecified atom stereocenters. The molecular formula is C23H23FN4O2S. The third kappa shape index (κ3) is 4.34. The minimum atomic E-state index is -0.271. The molecule has 4 aromatic rings. The minimum Gasteiger partial charge on any atom is -0.497 e. The summed E-state index contributed by atoms with van der Waals surface area (Å²) in [7, 11) is 1.62. The number of hydrogen-bond donors (Lipinski definition) is 0.